The fourth-order valence-electron chi connectivity index (χ4n) is 4.17. The van der Waals surface area contributed by atoms with Crippen molar-refractivity contribution in [1.29, 1.82) is 0 Å². The largest absolute Gasteiger partial charge is 0.461 e. The van der Waals surface area contributed by atoms with Crippen LogP contribution in [-0.2, 0) is 40.2 Å². The van der Waals surface area contributed by atoms with E-state index in [1.807, 2.05) is 0 Å². The Morgan fingerprint density at radius 3 is 2.41 bits per heavy atom. The Labute approximate surface area is 213 Å². The number of ether oxygens (including phenoxy) is 3. The first-order valence-corrected chi connectivity index (χ1v) is 12.9. The molecule has 4 rings (SSSR count). The smallest absolute Gasteiger partial charge is 0.338 e. The molecular weight excluding hydrogens is 506 g/mol. The summed E-state index contributed by atoms with van der Waals surface area (Å²) in [5, 5.41) is 11.6. The number of esters is 2. The Kier molecular flexibility index (Phi) is 6.90. The van der Waals surface area contributed by atoms with Gasteiger partial charge >= 0.3 is 11.9 Å². The van der Waals surface area contributed by atoms with Crippen molar-refractivity contribution in [2.75, 3.05) is 13.7 Å². The van der Waals surface area contributed by atoms with Crippen molar-refractivity contribution in [2.24, 2.45) is 0 Å². The van der Waals surface area contributed by atoms with Crippen LogP contribution in [0.25, 0.3) is 0 Å². The number of carbonyl (C=O) groups is 3. The number of sulfone groups is 1. The van der Waals surface area contributed by atoms with Gasteiger partial charge in [0.05, 0.1) is 12.1 Å². The van der Waals surface area contributed by atoms with Gasteiger partial charge in [-0.2, -0.15) is 0 Å². The van der Waals surface area contributed by atoms with Crippen molar-refractivity contribution >= 4 is 27.7 Å². The summed E-state index contributed by atoms with van der Waals surface area (Å²) in [6, 6.07) is 5.66. The number of hydrogen-bond donors (Lipinski definition) is 0. The maximum absolute atomic E-state index is 12.9. The molecule has 14 heteroatoms. The van der Waals surface area contributed by atoms with Gasteiger partial charge in [-0.25, -0.2) is 17.9 Å². The summed E-state index contributed by atoms with van der Waals surface area (Å²) in [5.74, 6) is -1.45. The molecule has 2 aliphatic heterocycles. The molecule has 0 bridgehead atoms. The van der Waals surface area contributed by atoms with Gasteiger partial charge in [0.2, 0.25) is 0 Å². The third-order valence-electron chi connectivity index (χ3n) is 5.73. The van der Waals surface area contributed by atoms with Crippen LogP contribution in [0.2, 0.25) is 0 Å². The molecule has 0 radical (unpaired) electrons. The lowest BCUT2D eigenvalue weighted by Crippen LogP contribution is -2.70. The van der Waals surface area contributed by atoms with Gasteiger partial charge in [-0.1, -0.05) is 12.1 Å². The second-order valence-corrected chi connectivity index (χ2v) is 11.5. The number of benzene rings is 1. The first-order chi connectivity index (χ1) is 17.3. The molecule has 0 spiro atoms. The second kappa shape index (κ2) is 9.67. The fraction of sp³-hybridized carbons (Fsp3) is 0.478. The van der Waals surface area contributed by atoms with Crippen LogP contribution < -0.4 is 0 Å². The first-order valence-electron chi connectivity index (χ1n) is 11.3. The van der Waals surface area contributed by atoms with Crippen molar-refractivity contribution in [3.05, 3.63) is 52.2 Å². The number of carbonyl (C=O) groups excluding carboxylic acids is 3. The first kappa shape index (κ1) is 26.4. The molecule has 3 heterocycles. The summed E-state index contributed by atoms with van der Waals surface area (Å²) >= 11 is 0. The summed E-state index contributed by atoms with van der Waals surface area (Å²) in [6.07, 6.45) is -1.16. The molecule has 1 unspecified atom stereocenters. The van der Waals surface area contributed by atoms with Crippen LogP contribution in [0.15, 0.2) is 35.2 Å². The Hall–Kier alpha value is -3.65. The minimum atomic E-state index is -3.93. The molecular formula is C23H27N5O8S. The number of fused-ring (bicyclic) bond motifs is 1. The van der Waals surface area contributed by atoms with E-state index >= 15 is 0 Å². The Balaban J connectivity index is 1.65. The summed E-state index contributed by atoms with van der Waals surface area (Å²) < 4.78 is 42.7. The average molecular weight is 534 g/mol. The monoisotopic (exact) mass is 533 g/mol. The highest BCUT2D eigenvalue weighted by atomic mass is 32.2. The number of β-lactam (4-membered cyclic amide) rings is 1. The van der Waals surface area contributed by atoms with E-state index in [1.165, 1.54) is 18.7 Å². The summed E-state index contributed by atoms with van der Waals surface area (Å²) in [6.45, 7) is 6.31. The Morgan fingerprint density at radius 2 is 1.81 bits per heavy atom. The van der Waals surface area contributed by atoms with Crippen LogP contribution in [0.5, 0.6) is 0 Å². The zero-order valence-electron chi connectivity index (χ0n) is 20.9. The van der Waals surface area contributed by atoms with E-state index in [0.717, 1.165) is 15.9 Å². The van der Waals surface area contributed by atoms with E-state index < -0.39 is 50.8 Å². The molecule has 198 valence electrons. The third kappa shape index (κ3) is 5.25. The number of tetrazole rings is 1. The fourth-order valence-corrected chi connectivity index (χ4v) is 6.04. The van der Waals surface area contributed by atoms with Crippen molar-refractivity contribution in [3.8, 4) is 0 Å². The van der Waals surface area contributed by atoms with E-state index in [-0.39, 0.29) is 24.5 Å². The number of amides is 1. The van der Waals surface area contributed by atoms with Gasteiger partial charge in [0.15, 0.2) is 27.1 Å². The maximum atomic E-state index is 12.9. The van der Waals surface area contributed by atoms with E-state index in [4.69, 9.17) is 14.2 Å². The molecule has 1 amide bonds. The van der Waals surface area contributed by atoms with Gasteiger partial charge in [-0.15, -0.1) is 5.10 Å². The maximum Gasteiger partial charge on any atom is 0.338 e. The van der Waals surface area contributed by atoms with E-state index in [2.05, 4.69) is 15.5 Å². The normalized spacial score (nSPS) is 22.5. The molecule has 0 saturated carbocycles. The molecule has 13 nitrogen and oxygen atoms in total. The average Bonchev–Trinajstić information content (AvgIpc) is 3.24. The minimum Gasteiger partial charge on any atom is -0.461 e. The predicted molar refractivity (Wildman–Crippen MR) is 126 cm³/mol. The van der Waals surface area contributed by atoms with Gasteiger partial charge < -0.3 is 19.1 Å². The van der Waals surface area contributed by atoms with Crippen LogP contribution in [-0.4, -0.2) is 82.2 Å². The standard InChI is InChI=1S/C23H27N5O8S/c1-13(29)35-11-16-12-37(32,33)21-18(34-5)20(30)28(21)17(16)19-24-25-26-27(19)10-14-6-8-15(9-7-14)22(31)36-23(2,3)4/h6-9,12,17-18,21H,10-11H2,1-5H3/t17?,18-,21-/m0/s1. The van der Waals surface area contributed by atoms with Crippen LogP contribution >= 0.6 is 0 Å². The molecule has 2 aromatic rings. The quantitative estimate of drug-likeness (QED) is 0.365. The lowest BCUT2D eigenvalue weighted by molar-refractivity contribution is -0.167. The molecule has 0 aliphatic carbocycles. The molecule has 37 heavy (non-hydrogen) atoms. The lowest BCUT2D eigenvalue weighted by Gasteiger charge is -2.50. The highest BCUT2D eigenvalue weighted by molar-refractivity contribution is 7.95. The molecule has 1 aromatic heterocycles. The molecule has 0 N–H and O–H groups in total. The predicted octanol–water partition coefficient (Wildman–Crippen LogP) is 0.776. The van der Waals surface area contributed by atoms with E-state index in [1.54, 1.807) is 45.0 Å². The molecule has 1 fully saturated rings. The zero-order valence-corrected chi connectivity index (χ0v) is 21.8. The highest BCUT2D eigenvalue weighted by Gasteiger charge is 2.61. The zero-order chi connectivity index (χ0) is 27.1. The number of rotatable bonds is 7. The summed E-state index contributed by atoms with van der Waals surface area (Å²) in [4.78, 5) is 37.7. The number of methoxy groups -OCH3 is 1. The van der Waals surface area contributed by atoms with Crippen LogP contribution in [0, 0.1) is 0 Å². The van der Waals surface area contributed by atoms with E-state index in [9.17, 15) is 22.8 Å². The van der Waals surface area contributed by atoms with Crippen molar-refractivity contribution < 1.29 is 37.0 Å². The van der Waals surface area contributed by atoms with Gasteiger partial charge in [-0.05, 0) is 48.9 Å². The number of nitrogens with zero attached hydrogens (tertiary/aromatic N) is 5. The summed E-state index contributed by atoms with van der Waals surface area (Å²) in [5.41, 5.74) is 0.608. The highest BCUT2D eigenvalue weighted by Crippen LogP contribution is 2.44. The van der Waals surface area contributed by atoms with Gasteiger partial charge in [0, 0.05) is 25.0 Å². The van der Waals surface area contributed by atoms with E-state index in [0.29, 0.717) is 5.56 Å². The Morgan fingerprint density at radius 1 is 1.14 bits per heavy atom. The van der Waals surface area contributed by atoms with Crippen molar-refractivity contribution in [1.82, 2.24) is 25.1 Å². The molecule has 2 aliphatic rings. The van der Waals surface area contributed by atoms with Crippen LogP contribution in [0.1, 0.15) is 55.5 Å². The van der Waals surface area contributed by atoms with Crippen molar-refractivity contribution in [2.45, 2.75) is 57.4 Å². The molecule has 3 atom stereocenters. The third-order valence-corrected chi connectivity index (χ3v) is 7.51. The summed E-state index contributed by atoms with van der Waals surface area (Å²) in [7, 11) is -2.67. The number of aromatic nitrogens is 4. The second-order valence-electron chi connectivity index (χ2n) is 9.65. The molecule has 1 aromatic carbocycles. The SMILES string of the molecule is CO[C@H]1C(=O)N2C(c3nnnn3Cc3ccc(C(=O)OC(C)(C)C)cc3)C(COC(C)=O)=CS(=O)(=O)[C@@H]12. The van der Waals surface area contributed by atoms with Crippen LogP contribution in [0.4, 0.5) is 0 Å². The van der Waals surface area contributed by atoms with Gasteiger partial charge in [0.1, 0.15) is 18.2 Å². The number of hydrogen-bond acceptors (Lipinski definition) is 11. The van der Waals surface area contributed by atoms with Gasteiger partial charge in [0.25, 0.3) is 5.91 Å². The molecule has 1 saturated heterocycles. The lowest BCUT2D eigenvalue weighted by atomic mass is 9.99. The minimum absolute atomic E-state index is 0.130. The Bertz CT molecular complexity index is 1360. The van der Waals surface area contributed by atoms with Crippen LogP contribution in [0.3, 0.4) is 0 Å². The van der Waals surface area contributed by atoms with Gasteiger partial charge in [-0.3, -0.25) is 9.59 Å². The topological polar surface area (TPSA) is 160 Å². The van der Waals surface area contributed by atoms with Crippen molar-refractivity contribution in [3.63, 3.8) is 0 Å².